The number of H-pyrrole nitrogens is 1. The summed E-state index contributed by atoms with van der Waals surface area (Å²) in [6, 6.07) is 34.6. The number of fused-ring (bicyclic) bond motifs is 1. The van der Waals surface area contributed by atoms with Gasteiger partial charge in [0.1, 0.15) is 11.5 Å². The normalized spacial score (nSPS) is 19.3. The average molecular weight is 627 g/mol. The number of nitrogens with zero attached hydrogens (tertiary/aromatic N) is 1. The lowest BCUT2D eigenvalue weighted by Gasteiger charge is -2.49. The van der Waals surface area contributed by atoms with Crippen molar-refractivity contribution in [2.75, 3.05) is 14.2 Å². The number of carbonyl (C=O) groups excluding carboxylic acids is 2. The molecule has 2 heterocycles. The highest BCUT2D eigenvalue weighted by Gasteiger charge is 2.65. The Kier molecular flexibility index (Phi) is 7.46. The summed E-state index contributed by atoms with van der Waals surface area (Å²) in [5, 5.41) is 13.9. The minimum atomic E-state index is -1.73. The largest absolute Gasteiger partial charge is 0.497 e. The number of methoxy groups -OCH3 is 2. The maximum absolute atomic E-state index is 14.8. The minimum absolute atomic E-state index is 0.0301. The van der Waals surface area contributed by atoms with Crippen molar-refractivity contribution in [1.82, 2.24) is 20.8 Å². The van der Waals surface area contributed by atoms with Gasteiger partial charge in [0.05, 0.1) is 25.6 Å². The van der Waals surface area contributed by atoms with Crippen LogP contribution >= 0.6 is 12.2 Å². The molecule has 2 atom stereocenters. The summed E-state index contributed by atoms with van der Waals surface area (Å²) < 4.78 is 11.0. The second-order valence-corrected chi connectivity index (χ2v) is 11.7. The molecule has 1 saturated heterocycles. The molecule has 1 aliphatic heterocycles. The van der Waals surface area contributed by atoms with Gasteiger partial charge in [0, 0.05) is 17.4 Å². The molecule has 8 nitrogen and oxygen atoms in total. The highest BCUT2D eigenvalue weighted by atomic mass is 32.1. The molecule has 0 saturated carbocycles. The fourth-order valence-electron chi connectivity index (χ4n) is 6.87. The number of allylic oxidation sites excluding steroid dienone is 1. The van der Waals surface area contributed by atoms with E-state index in [0.717, 1.165) is 33.5 Å². The van der Waals surface area contributed by atoms with Crippen LogP contribution < -0.4 is 20.1 Å². The number of hydrogen-bond donors (Lipinski definition) is 3. The molecule has 2 aliphatic rings. The van der Waals surface area contributed by atoms with E-state index in [0.29, 0.717) is 22.8 Å². The van der Waals surface area contributed by atoms with Gasteiger partial charge in [-0.3, -0.25) is 14.7 Å². The summed E-state index contributed by atoms with van der Waals surface area (Å²) in [5.41, 5.74) is 4.38. The van der Waals surface area contributed by atoms with Crippen LogP contribution in [0.2, 0.25) is 0 Å². The Labute approximate surface area is 271 Å². The summed E-state index contributed by atoms with van der Waals surface area (Å²) in [6.45, 7) is 0. The lowest BCUT2D eigenvalue weighted by Crippen LogP contribution is -2.67. The van der Waals surface area contributed by atoms with E-state index in [1.807, 2.05) is 115 Å². The molecule has 2 amide bonds. The highest BCUT2D eigenvalue weighted by molar-refractivity contribution is 7.80. The number of benzene rings is 4. The predicted octanol–water partition coefficient (Wildman–Crippen LogP) is 6.08. The minimum Gasteiger partial charge on any atom is -0.497 e. The number of carbonyl (C=O) groups is 2. The third-order valence-corrected chi connectivity index (χ3v) is 9.08. The van der Waals surface area contributed by atoms with Crippen LogP contribution in [0.1, 0.15) is 39.8 Å². The van der Waals surface area contributed by atoms with Gasteiger partial charge in [0.2, 0.25) is 11.8 Å². The molecule has 46 heavy (non-hydrogen) atoms. The van der Waals surface area contributed by atoms with E-state index in [2.05, 4.69) is 15.7 Å². The Bertz CT molecular complexity index is 1950. The number of aromatic nitrogens is 2. The quantitative estimate of drug-likeness (QED) is 0.156. The number of aromatic amines is 1. The Morgan fingerprint density at radius 3 is 1.78 bits per heavy atom. The summed E-state index contributed by atoms with van der Waals surface area (Å²) in [6.07, 6.45) is 2.02. The first-order valence-electron chi connectivity index (χ1n) is 14.8. The maximum Gasteiger partial charge on any atom is 0.243 e. The van der Waals surface area contributed by atoms with E-state index in [1.54, 1.807) is 14.2 Å². The Morgan fingerprint density at radius 1 is 0.717 bits per heavy atom. The number of thiocarbonyl (C=S) groups is 1. The van der Waals surface area contributed by atoms with Crippen molar-refractivity contribution < 1.29 is 19.1 Å². The zero-order valence-electron chi connectivity index (χ0n) is 25.1. The van der Waals surface area contributed by atoms with Crippen LogP contribution in [0, 0.1) is 5.41 Å². The van der Waals surface area contributed by atoms with Gasteiger partial charge in [-0.05, 0) is 70.4 Å². The SMILES string of the molecule is COc1ccc(C2/C(=C/c3ccccc3)c3n[nH]c(-c4ccccc4)c3C(c3ccc(OC)cc3)C23C(=O)NC(=S)NC3=O)cc1. The molecule has 1 fully saturated rings. The van der Waals surface area contributed by atoms with Gasteiger partial charge in [-0.2, -0.15) is 5.10 Å². The number of amides is 2. The number of rotatable bonds is 6. The first-order chi connectivity index (χ1) is 22.4. The van der Waals surface area contributed by atoms with Crippen molar-refractivity contribution in [3.8, 4) is 22.8 Å². The van der Waals surface area contributed by atoms with E-state index in [4.69, 9.17) is 26.8 Å². The molecule has 0 radical (unpaired) electrons. The monoisotopic (exact) mass is 626 g/mol. The molecule has 1 aromatic heterocycles. The van der Waals surface area contributed by atoms with Crippen LogP contribution in [0.15, 0.2) is 109 Å². The van der Waals surface area contributed by atoms with Gasteiger partial charge in [-0.25, -0.2) is 0 Å². The van der Waals surface area contributed by atoms with Crippen LogP contribution in [0.3, 0.4) is 0 Å². The predicted molar refractivity (Wildman–Crippen MR) is 180 cm³/mol. The van der Waals surface area contributed by atoms with E-state index >= 15 is 0 Å². The van der Waals surface area contributed by atoms with E-state index in [1.165, 1.54) is 0 Å². The molecule has 7 rings (SSSR count). The topological polar surface area (TPSA) is 105 Å². The van der Waals surface area contributed by atoms with E-state index in [9.17, 15) is 9.59 Å². The second-order valence-electron chi connectivity index (χ2n) is 11.3. The maximum atomic E-state index is 14.8. The summed E-state index contributed by atoms with van der Waals surface area (Å²) in [7, 11) is 3.20. The zero-order valence-corrected chi connectivity index (χ0v) is 25.9. The lowest BCUT2D eigenvalue weighted by molar-refractivity contribution is -0.145. The summed E-state index contributed by atoms with van der Waals surface area (Å²) >= 11 is 5.36. The van der Waals surface area contributed by atoms with Gasteiger partial charge >= 0.3 is 0 Å². The molecular weight excluding hydrogens is 596 g/mol. The van der Waals surface area contributed by atoms with Crippen molar-refractivity contribution in [3.63, 3.8) is 0 Å². The first-order valence-corrected chi connectivity index (χ1v) is 15.2. The number of ether oxygens (including phenoxy) is 2. The van der Waals surface area contributed by atoms with Crippen molar-refractivity contribution >= 4 is 40.8 Å². The van der Waals surface area contributed by atoms with Crippen LogP contribution in [-0.4, -0.2) is 41.3 Å². The Hall–Kier alpha value is -5.54. The number of nitrogens with one attached hydrogen (secondary N) is 3. The Balaban J connectivity index is 1.63. The second kappa shape index (κ2) is 11.8. The Morgan fingerprint density at radius 2 is 1.24 bits per heavy atom. The zero-order chi connectivity index (χ0) is 31.8. The van der Waals surface area contributed by atoms with E-state index < -0.39 is 29.1 Å². The van der Waals surface area contributed by atoms with Crippen LogP contribution in [-0.2, 0) is 9.59 Å². The standard InChI is InChI=1S/C37H30N4O4S/c1-44-26-17-13-23(14-18-26)30-28(21-22-9-5-3-6-10-22)33-29(32(40-41-33)25-11-7-4-8-12-25)31(24-15-19-27(45-2)20-16-24)37(30)34(42)38-36(46)39-35(37)43/h3-21,30-31H,1-2H3,(H,40,41)(H2,38,39,42,43,46)/b28-21-. The third kappa shape index (κ3) is 4.67. The fourth-order valence-corrected chi connectivity index (χ4v) is 7.06. The average Bonchev–Trinajstić information content (AvgIpc) is 3.53. The van der Waals surface area contributed by atoms with Crippen LogP contribution in [0.5, 0.6) is 11.5 Å². The van der Waals surface area contributed by atoms with Gasteiger partial charge in [-0.15, -0.1) is 0 Å². The molecule has 9 heteroatoms. The van der Waals surface area contributed by atoms with Crippen molar-refractivity contribution in [3.05, 3.63) is 137 Å². The molecule has 4 aromatic carbocycles. The van der Waals surface area contributed by atoms with Gasteiger partial charge < -0.3 is 20.1 Å². The van der Waals surface area contributed by atoms with Crippen molar-refractivity contribution in [1.29, 1.82) is 0 Å². The van der Waals surface area contributed by atoms with Crippen LogP contribution in [0.25, 0.3) is 22.9 Å². The van der Waals surface area contributed by atoms with Crippen LogP contribution in [0.4, 0.5) is 0 Å². The van der Waals surface area contributed by atoms with Crippen molar-refractivity contribution in [2.24, 2.45) is 5.41 Å². The van der Waals surface area contributed by atoms with Crippen molar-refractivity contribution in [2.45, 2.75) is 11.8 Å². The molecule has 0 bridgehead atoms. The molecule has 5 aromatic rings. The van der Waals surface area contributed by atoms with Gasteiger partial charge in [0.15, 0.2) is 10.5 Å². The van der Waals surface area contributed by atoms with E-state index in [-0.39, 0.29) is 5.11 Å². The molecular formula is C37H30N4O4S. The first kappa shape index (κ1) is 29.2. The number of hydrogen-bond acceptors (Lipinski definition) is 6. The molecule has 3 N–H and O–H groups in total. The summed E-state index contributed by atoms with van der Waals surface area (Å²) in [5.74, 6) is -1.25. The molecule has 2 unspecified atom stereocenters. The highest BCUT2D eigenvalue weighted by Crippen LogP contribution is 2.62. The summed E-state index contributed by atoms with van der Waals surface area (Å²) in [4.78, 5) is 29.6. The van der Waals surface area contributed by atoms with Gasteiger partial charge in [0.25, 0.3) is 0 Å². The molecule has 228 valence electrons. The molecule has 1 spiro atoms. The molecule has 1 aliphatic carbocycles. The third-order valence-electron chi connectivity index (χ3n) is 8.88. The smallest absolute Gasteiger partial charge is 0.243 e. The lowest BCUT2D eigenvalue weighted by atomic mass is 9.52. The van der Waals surface area contributed by atoms with Gasteiger partial charge in [-0.1, -0.05) is 84.9 Å². The fraction of sp³-hybridized carbons (Fsp3) is 0.135.